The summed E-state index contributed by atoms with van der Waals surface area (Å²) in [5.41, 5.74) is 2.39. The van der Waals surface area contributed by atoms with Crippen LogP contribution in [-0.4, -0.2) is 15.4 Å². The van der Waals surface area contributed by atoms with Crippen molar-refractivity contribution >= 4 is 45.2 Å². The number of benzene rings is 1. The highest BCUT2D eigenvalue weighted by Gasteiger charge is 2.21. The van der Waals surface area contributed by atoms with Crippen molar-refractivity contribution in [2.24, 2.45) is 11.8 Å². The molecule has 0 spiro atoms. The SMILES string of the molecule is CC1CCC(Cn2c(CCCl)nc3cc(I)ccc32)CC1. The number of alkyl halides is 1. The Balaban J connectivity index is 1.89. The molecule has 114 valence electrons. The molecule has 0 bridgehead atoms. The zero-order valence-corrected chi connectivity index (χ0v) is 15.4. The predicted molar refractivity (Wildman–Crippen MR) is 98.0 cm³/mol. The first-order valence-corrected chi connectivity index (χ1v) is 9.49. The molecule has 1 aromatic heterocycles. The molecule has 4 heteroatoms. The van der Waals surface area contributed by atoms with E-state index in [1.165, 1.54) is 34.8 Å². The first-order valence-electron chi connectivity index (χ1n) is 7.88. The van der Waals surface area contributed by atoms with Crippen LogP contribution in [0.2, 0.25) is 0 Å². The molecule has 21 heavy (non-hydrogen) atoms. The molecule has 1 fully saturated rings. The highest BCUT2D eigenvalue weighted by molar-refractivity contribution is 14.1. The smallest absolute Gasteiger partial charge is 0.111 e. The maximum Gasteiger partial charge on any atom is 0.111 e. The monoisotopic (exact) mass is 416 g/mol. The van der Waals surface area contributed by atoms with Gasteiger partial charge < -0.3 is 4.57 Å². The van der Waals surface area contributed by atoms with Crippen molar-refractivity contribution in [3.8, 4) is 0 Å². The van der Waals surface area contributed by atoms with Gasteiger partial charge in [0.15, 0.2) is 0 Å². The molecule has 2 nitrogen and oxygen atoms in total. The van der Waals surface area contributed by atoms with Gasteiger partial charge >= 0.3 is 0 Å². The second-order valence-corrected chi connectivity index (χ2v) is 7.96. The van der Waals surface area contributed by atoms with Gasteiger partial charge in [-0.1, -0.05) is 19.8 Å². The molecule has 0 N–H and O–H groups in total. The Morgan fingerprint density at radius 2 is 2.05 bits per heavy atom. The standard InChI is InChI=1S/C17H22ClIN2/c1-12-2-4-13(5-3-12)11-21-16-7-6-14(19)10-15(16)20-17(21)8-9-18/h6-7,10,12-13H,2-5,8-9,11H2,1H3. The van der Waals surface area contributed by atoms with Gasteiger partial charge in [-0.2, -0.15) is 0 Å². The van der Waals surface area contributed by atoms with Crippen LogP contribution in [0.4, 0.5) is 0 Å². The topological polar surface area (TPSA) is 17.8 Å². The lowest BCUT2D eigenvalue weighted by Crippen LogP contribution is -2.19. The molecule has 0 aliphatic heterocycles. The number of hydrogen-bond donors (Lipinski definition) is 0. The van der Waals surface area contributed by atoms with E-state index in [0.29, 0.717) is 5.88 Å². The summed E-state index contributed by atoms with van der Waals surface area (Å²) in [6, 6.07) is 6.56. The number of hydrogen-bond acceptors (Lipinski definition) is 1. The largest absolute Gasteiger partial charge is 0.328 e. The molecule has 1 aliphatic carbocycles. The lowest BCUT2D eigenvalue weighted by atomic mass is 9.83. The summed E-state index contributed by atoms with van der Waals surface area (Å²) in [5, 5.41) is 0. The minimum absolute atomic E-state index is 0.641. The molecular weight excluding hydrogens is 395 g/mol. The normalized spacial score (nSPS) is 22.8. The number of rotatable bonds is 4. The molecule has 0 unspecified atom stereocenters. The Hall–Kier alpha value is -0.290. The molecule has 0 saturated heterocycles. The van der Waals surface area contributed by atoms with E-state index in [-0.39, 0.29) is 0 Å². The Morgan fingerprint density at radius 1 is 1.29 bits per heavy atom. The molecule has 1 saturated carbocycles. The van der Waals surface area contributed by atoms with Crippen molar-refractivity contribution in [3.63, 3.8) is 0 Å². The highest BCUT2D eigenvalue weighted by atomic mass is 127. The molecule has 1 heterocycles. The maximum absolute atomic E-state index is 5.97. The van der Waals surface area contributed by atoms with Gasteiger partial charge in [-0.05, 0) is 65.5 Å². The molecule has 1 aromatic carbocycles. The molecule has 1 aliphatic rings. The van der Waals surface area contributed by atoms with Crippen LogP contribution in [-0.2, 0) is 13.0 Å². The average molecular weight is 417 g/mol. The summed E-state index contributed by atoms with van der Waals surface area (Å²) in [5.74, 6) is 3.50. The fourth-order valence-corrected chi connectivity index (χ4v) is 4.05. The van der Waals surface area contributed by atoms with Crippen LogP contribution in [0, 0.1) is 15.4 Å². The maximum atomic E-state index is 5.97. The fourth-order valence-electron chi connectivity index (χ4n) is 3.40. The lowest BCUT2D eigenvalue weighted by molar-refractivity contribution is 0.265. The molecular formula is C17H22ClIN2. The Bertz CT molecular complexity index is 615. The first kappa shape index (κ1) is 15.6. The second kappa shape index (κ2) is 6.86. The summed E-state index contributed by atoms with van der Waals surface area (Å²) in [7, 11) is 0. The fraction of sp³-hybridized carbons (Fsp3) is 0.588. The van der Waals surface area contributed by atoms with Crippen molar-refractivity contribution in [3.05, 3.63) is 27.6 Å². The molecule has 3 rings (SSSR count). The van der Waals surface area contributed by atoms with E-state index in [2.05, 4.69) is 52.3 Å². The Kier molecular flexibility index (Phi) is 5.10. The first-order chi connectivity index (χ1) is 10.2. The average Bonchev–Trinajstić information content (AvgIpc) is 2.79. The number of imidazole rings is 1. The van der Waals surface area contributed by atoms with Gasteiger partial charge in [0.1, 0.15) is 5.82 Å². The van der Waals surface area contributed by atoms with E-state index in [1.54, 1.807) is 0 Å². The van der Waals surface area contributed by atoms with Crippen LogP contribution < -0.4 is 0 Å². The van der Waals surface area contributed by atoms with E-state index in [9.17, 15) is 0 Å². The van der Waals surface area contributed by atoms with Crippen LogP contribution in [0.15, 0.2) is 18.2 Å². The van der Waals surface area contributed by atoms with E-state index in [4.69, 9.17) is 16.6 Å². The Morgan fingerprint density at radius 3 is 2.76 bits per heavy atom. The quantitative estimate of drug-likeness (QED) is 0.492. The number of nitrogens with zero attached hydrogens (tertiary/aromatic N) is 2. The lowest BCUT2D eigenvalue weighted by Gasteiger charge is -2.27. The van der Waals surface area contributed by atoms with Crippen molar-refractivity contribution < 1.29 is 0 Å². The summed E-state index contributed by atoms with van der Waals surface area (Å²) in [6.07, 6.45) is 6.31. The third kappa shape index (κ3) is 3.55. The zero-order chi connectivity index (χ0) is 14.8. The number of aryl methyl sites for hydroxylation is 1. The zero-order valence-electron chi connectivity index (χ0n) is 12.5. The van der Waals surface area contributed by atoms with Crippen LogP contribution in [0.5, 0.6) is 0 Å². The van der Waals surface area contributed by atoms with E-state index >= 15 is 0 Å². The Labute approximate surface area is 145 Å². The van der Waals surface area contributed by atoms with Gasteiger partial charge in [-0.3, -0.25) is 0 Å². The van der Waals surface area contributed by atoms with Gasteiger partial charge in [0.25, 0.3) is 0 Å². The van der Waals surface area contributed by atoms with E-state index in [1.807, 2.05) is 0 Å². The molecule has 0 atom stereocenters. The molecule has 0 radical (unpaired) electrons. The van der Waals surface area contributed by atoms with Crippen LogP contribution >= 0.6 is 34.2 Å². The van der Waals surface area contributed by atoms with Gasteiger partial charge in [0.2, 0.25) is 0 Å². The summed E-state index contributed by atoms with van der Waals surface area (Å²) >= 11 is 8.33. The van der Waals surface area contributed by atoms with Gasteiger partial charge in [0, 0.05) is 22.4 Å². The van der Waals surface area contributed by atoms with Crippen molar-refractivity contribution in [1.29, 1.82) is 0 Å². The van der Waals surface area contributed by atoms with Gasteiger partial charge in [0.05, 0.1) is 11.0 Å². The summed E-state index contributed by atoms with van der Waals surface area (Å²) in [4.78, 5) is 4.82. The van der Waals surface area contributed by atoms with Crippen molar-refractivity contribution in [2.45, 2.75) is 45.6 Å². The molecule has 0 amide bonds. The third-order valence-corrected chi connectivity index (χ3v) is 5.54. The van der Waals surface area contributed by atoms with E-state index in [0.717, 1.165) is 36.1 Å². The summed E-state index contributed by atoms with van der Waals surface area (Å²) < 4.78 is 3.67. The van der Waals surface area contributed by atoms with Crippen LogP contribution in [0.3, 0.4) is 0 Å². The van der Waals surface area contributed by atoms with Crippen LogP contribution in [0.25, 0.3) is 11.0 Å². The van der Waals surface area contributed by atoms with Crippen molar-refractivity contribution in [1.82, 2.24) is 9.55 Å². The highest BCUT2D eigenvalue weighted by Crippen LogP contribution is 2.31. The molecule has 2 aromatic rings. The number of aromatic nitrogens is 2. The second-order valence-electron chi connectivity index (χ2n) is 6.34. The van der Waals surface area contributed by atoms with Crippen molar-refractivity contribution in [2.75, 3.05) is 5.88 Å². The summed E-state index contributed by atoms with van der Waals surface area (Å²) in [6.45, 7) is 3.49. The van der Waals surface area contributed by atoms with Gasteiger partial charge in [-0.15, -0.1) is 11.6 Å². The van der Waals surface area contributed by atoms with Crippen LogP contribution in [0.1, 0.15) is 38.4 Å². The number of halogens is 2. The third-order valence-electron chi connectivity index (χ3n) is 4.68. The minimum atomic E-state index is 0.641. The van der Waals surface area contributed by atoms with E-state index < -0.39 is 0 Å². The van der Waals surface area contributed by atoms with Gasteiger partial charge in [-0.25, -0.2) is 4.98 Å². The minimum Gasteiger partial charge on any atom is -0.328 e. The predicted octanol–water partition coefficient (Wildman–Crippen LogP) is 5.25. The number of fused-ring (bicyclic) bond motifs is 1.